The normalized spacial score (nSPS) is 21.1. The van der Waals surface area contributed by atoms with Gasteiger partial charge in [-0.1, -0.05) is 17.7 Å². The molecule has 1 saturated heterocycles. The molecule has 3 aromatic rings. The van der Waals surface area contributed by atoms with Crippen molar-refractivity contribution in [2.24, 2.45) is 5.92 Å². The van der Waals surface area contributed by atoms with Gasteiger partial charge in [0.2, 0.25) is 0 Å². The van der Waals surface area contributed by atoms with Crippen molar-refractivity contribution < 1.29 is 13.9 Å². The molecule has 1 amide bonds. The maximum absolute atomic E-state index is 13.0. The first-order valence-electron chi connectivity index (χ1n) is 11.4. The zero-order valence-electron chi connectivity index (χ0n) is 18.0. The molecule has 2 aliphatic heterocycles. The van der Waals surface area contributed by atoms with Crippen molar-refractivity contribution >= 4 is 28.5 Å². The van der Waals surface area contributed by atoms with Crippen molar-refractivity contribution in [2.45, 2.75) is 38.1 Å². The molecule has 8 heteroatoms. The third-order valence-electron chi connectivity index (χ3n) is 7.21. The molecular weight excluding hydrogens is 444 g/mol. The van der Waals surface area contributed by atoms with Crippen molar-refractivity contribution in [1.29, 1.82) is 0 Å². The van der Waals surface area contributed by atoms with Gasteiger partial charge in [0, 0.05) is 54.3 Å². The molecule has 0 spiro atoms. The lowest BCUT2D eigenvalue weighted by molar-refractivity contribution is -0.136. The van der Waals surface area contributed by atoms with Crippen LogP contribution in [0.15, 0.2) is 44.3 Å². The number of fused-ring (bicyclic) bond motifs is 7. The summed E-state index contributed by atoms with van der Waals surface area (Å²) in [6.07, 6.45) is 3.47. The number of nitrogens with zero attached hydrogens (tertiary/aromatic N) is 2. The fourth-order valence-electron chi connectivity index (χ4n) is 5.72. The third kappa shape index (κ3) is 3.46. The van der Waals surface area contributed by atoms with Crippen molar-refractivity contribution in [1.82, 2.24) is 9.47 Å². The van der Waals surface area contributed by atoms with Crippen LogP contribution in [0.4, 0.5) is 0 Å². The highest BCUT2D eigenvalue weighted by Crippen LogP contribution is 2.36. The summed E-state index contributed by atoms with van der Waals surface area (Å²) < 4.78 is 13.1. The third-order valence-corrected chi connectivity index (χ3v) is 7.51. The Bertz CT molecular complexity index is 1410. The van der Waals surface area contributed by atoms with Gasteiger partial charge in [0.1, 0.15) is 11.3 Å². The van der Waals surface area contributed by atoms with Crippen LogP contribution >= 0.6 is 11.6 Å². The van der Waals surface area contributed by atoms with E-state index in [-0.39, 0.29) is 35.5 Å². The fourth-order valence-corrected chi connectivity index (χ4v) is 5.94. The Morgan fingerprint density at radius 2 is 1.97 bits per heavy atom. The van der Waals surface area contributed by atoms with Gasteiger partial charge in [0.05, 0.1) is 5.02 Å². The summed E-state index contributed by atoms with van der Waals surface area (Å²) in [5, 5.41) is 1.23. The number of aromatic nitrogens is 1. The van der Waals surface area contributed by atoms with Gasteiger partial charge >= 0.3 is 5.63 Å². The summed E-state index contributed by atoms with van der Waals surface area (Å²) >= 11 is 6.46. The summed E-state index contributed by atoms with van der Waals surface area (Å²) in [4.78, 5) is 39.3. The molecular formula is C25H23ClN2O5. The van der Waals surface area contributed by atoms with E-state index in [9.17, 15) is 14.4 Å². The van der Waals surface area contributed by atoms with E-state index in [1.54, 1.807) is 24.3 Å². The number of ether oxygens (including phenoxy) is 1. The Labute approximate surface area is 194 Å². The highest BCUT2D eigenvalue weighted by Gasteiger charge is 2.36. The molecule has 0 radical (unpaired) electrons. The average molecular weight is 467 g/mol. The lowest BCUT2D eigenvalue weighted by Crippen LogP contribution is -2.50. The first kappa shape index (κ1) is 20.5. The minimum atomic E-state index is -0.307. The summed E-state index contributed by atoms with van der Waals surface area (Å²) in [7, 11) is 0. The second-order valence-electron chi connectivity index (χ2n) is 9.26. The molecule has 1 aromatic carbocycles. The van der Waals surface area contributed by atoms with Crippen molar-refractivity contribution in [3.05, 3.63) is 72.9 Å². The van der Waals surface area contributed by atoms with Crippen LogP contribution in [0.3, 0.4) is 0 Å². The number of rotatable bonds is 3. The number of hydrogen-bond donors (Lipinski definition) is 0. The lowest BCUT2D eigenvalue weighted by Gasteiger charge is -2.42. The molecule has 0 unspecified atom stereocenters. The Morgan fingerprint density at radius 1 is 1.12 bits per heavy atom. The number of carbonyl (C=O) groups excluding carboxylic acids is 1. The molecule has 7 nitrogen and oxygen atoms in total. The maximum Gasteiger partial charge on any atom is 0.339 e. The van der Waals surface area contributed by atoms with Crippen molar-refractivity contribution in [3.63, 3.8) is 0 Å². The zero-order valence-corrected chi connectivity index (χ0v) is 18.8. The first-order chi connectivity index (χ1) is 16.0. The van der Waals surface area contributed by atoms with Gasteiger partial charge in [0.25, 0.3) is 11.5 Å². The lowest BCUT2D eigenvalue weighted by atomic mass is 9.83. The summed E-state index contributed by atoms with van der Waals surface area (Å²) in [5.41, 5.74) is 2.89. The van der Waals surface area contributed by atoms with Crippen LogP contribution in [0.2, 0.25) is 5.02 Å². The van der Waals surface area contributed by atoms with Crippen molar-refractivity contribution in [2.75, 3.05) is 19.7 Å². The first-order valence-corrected chi connectivity index (χ1v) is 11.7. The smallest absolute Gasteiger partial charge is 0.339 e. The molecule has 2 bridgehead atoms. The Morgan fingerprint density at radius 3 is 2.85 bits per heavy atom. The van der Waals surface area contributed by atoms with Gasteiger partial charge in [-0.3, -0.25) is 9.59 Å². The Kier molecular flexibility index (Phi) is 4.83. The van der Waals surface area contributed by atoms with Crippen LogP contribution in [0.1, 0.15) is 35.6 Å². The Hall–Kier alpha value is -3.06. The van der Waals surface area contributed by atoms with Crippen LogP contribution in [0.25, 0.3) is 11.0 Å². The highest BCUT2D eigenvalue weighted by atomic mass is 35.5. The van der Waals surface area contributed by atoms with Crippen LogP contribution in [-0.2, 0) is 24.2 Å². The quantitative estimate of drug-likeness (QED) is 0.554. The summed E-state index contributed by atoms with van der Waals surface area (Å²) in [6.45, 7) is 1.65. The number of aryl methyl sites for hydroxylation is 1. The predicted octanol–water partition coefficient (Wildman–Crippen LogP) is 3.12. The molecule has 170 valence electrons. The van der Waals surface area contributed by atoms with Gasteiger partial charge < -0.3 is 18.6 Å². The van der Waals surface area contributed by atoms with Crippen LogP contribution in [0.5, 0.6) is 5.75 Å². The zero-order chi connectivity index (χ0) is 22.7. The van der Waals surface area contributed by atoms with Gasteiger partial charge in [-0.2, -0.15) is 0 Å². The minimum Gasteiger partial charge on any atom is -0.482 e. The predicted molar refractivity (Wildman–Crippen MR) is 123 cm³/mol. The topological polar surface area (TPSA) is 81.8 Å². The summed E-state index contributed by atoms with van der Waals surface area (Å²) in [6, 6.07) is 8.73. The number of pyridine rings is 1. The molecule has 2 aromatic heterocycles. The van der Waals surface area contributed by atoms with E-state index in [1.165, 1.54) is 0 Å². The molecule has 3 aliphatic rings. The van der Waals surface area contributed by atoms with E-state index >= 15 is 0 Å². The standard InChI is InChI=1S/C25H23ClN2O5/c26-19-8-18-16-3-1-4-17(16)25(31)33-21(18)9-22(19)32-13-24(30)27-10-14-7-15(12-27)20-5-2-6-23(29)28(20)11-14/h2,5-6,8-9,14-15H,1,3-4,7,10-13H2/t14-,15-/m0/s1. The molecule has 2 atom stereocenters. The second kappa shape index (κ2) is 7.76. The summed E-state index contributed by atoms with van der Waals surface area (Å²) in [5.74, 6) is 0.604. The molecule has 1 fully saturated rings. The van der Waals surface area contributed by atoms with E-state index < -0.39 is 0 Å². The molecule has 4 heterocycles. The average Bonchev–Trinajstić information content (AvgIpc) is 3.30. The van der Waals surface area contributed by atoms with E-state index in [2.05, 4.69) is 0 Å². The molecule has 0 saturated carbocycles. The van der Waals surface area contributed by atoms with Crippen LogP contribution in [-0.4, -0.2) is 35.1 Å². The van der Waals surface area contributed by atoms with Crippen LogP contribution < -0.4 is 15.9 Å². The second-order valence-corrected chi connectivity index (χ2v) is 9.67. The number of benzene rings is 1. The van der Waals surface area contributed by atoms with Gasteiger partial charge in [-0.25, -0.2) is 4.79 Å². The van der Waals surface area contributed by atoms with Crippen molar-refractivity contribution in [3.8, 4) is 5.75 Å². The monoisotopic (exact) mass is 466 g/mol. The number of piperidine rings is 1. The van der Waals surface area contributed by atoms with Gasteiger partial charge in [0.15, 0.2) is 6.61 Å². The van der Waals surface area contributed by atoms with E-state index in [4.69, 9.17) is 20.8 Å². The minimum absolute atomic E-state index is 0.0218. The number of carbonyl (C=O) groups is 1. The molecule has 33 heavy (non-hydrogen) atoms. The molecule has 6 rings (SSSR count). The van der Waals surface area contributed by atoms with Gasteiger partial charge in [-0.15, -0.1) is 0 Å². The Balaban J connectivity index is 1.20. The molecule has 1 aliphatic carbocycles. The van der Waals surface area contributed by atoms with Gasteiger partial charge in [-0.05, 0) is 49.3 Å². The van der Waals surface area contributed by atoms with E-state index in [0.717, 1.165) is 47.9 Å². The SMILES string of the molecule is O=C(COc1cc2oc(=O)c3c(c2cc1Cl)CCC3)N1C[C@@H]2C[C@@H](C1)c1cccc(=O)n1C2. The fraction of sp³-hybridized carbons (Fsp3) is 0.400. The number of amides is 1. The number of likely N-dealkylation sites (tertiary alicyclic amines) is 1. The van der Waals surface area contributed by atoms with Crippen LogP contribution in [0, 0.1) is 5.92 Å². The maximum atomic E-state index is 13.0. The number of hydrogen-bond acceptors (Lipinski definition) is 5. The molecule has 0 N–H and O–H groups in total. The van der Waals surface area contributed by atoms with E-state index in [0.29, 0.717) is 36.0 Å². The number of halogens is 1. The van der Waals surface area contributed by atoms with E-state index in [1.807, 2.05) is 15.5 Å². The highest BCUT2D eigenvalue weighted by molar-refractivity contribution is 6.32. The largest absolute Gasteiger partial charge is 0.482 e.